The number of aromatic hydroxyl groups is 1. The van der Waals surface area contributed by atoms with Gasteiger partial charge < -0.3 is 102 Å². The van der Waals surface area contributed by atoms with Gasteiger partial charge >= 0.3 is 17.9 Å². The molecule has 0 radical (unpaired) electrons. The van der Waals surface area contributed by atoms with Crippen molar-refractivity contribution in [2.24, 2.45) is 39.6 Å². The number of likely N-dealkylation sites (tertiary alicyclic amines) is 1. The number of aliphatic carboxylic acids is 3. The maximum atomic E-state index is 14.6. The van der Waals surface area contributed by atoms with Gasteiger partial charge in [-0.25, -0.2) is 4.79 Å². The summed E-state index contributed by atoms with van der Waals surface area (Å²) in [6.07, 6.45) is -4.06. The Morgan fingerprint density at radius 3 is 1.61 bits per heavy atom. The molecule has 3 rings (SSSR count). The molecule has 10 amide bonds. The smallest absolute Gasteiger partial charge is 0.326 e. The second-order valence-corrected chi connectivity index (χ2v) is 22.0. The molecule has 90 heavy (non-hydrogen) atoms. The molecule has 1 aliphatic heterocycles. The predicted octanol–water partition coefficient (Wildman–Crippen LogP) is -5.11. The highest BCUT2D eigenvalue weighted by Crippen LogP contribution is 2.21. The molecule has 0 saturated carbocycles. The molecule has 0 unspecified atom stereocenters. The van der Waals surface area contributed by atoms with Crippen molar-refractivity contribution in [2.75, 3.05) is 19.6 Å². The van der Waals surface area contributed by atoms with Gasteiger partial charge in [0.15, 0.2) is 5.96 Å². The van der Waals surface area contributed by atoms with E-state index in [0.717, 1.165) is 11.8 Å². The van der Waals surface area contributed by atoms with Crippen molar-refractivity contribution < 1.29 is 87.9 Å². The number of carbonyl (C=O) groups is 13. The summed E-state index contributed by atoms with van der Waals surface area (Å²) in [5.74, 6) is -15.9. The van der Waals surface area contributed by atoms with E-state index in [9.17, 15) is 82.8 Å². The highest BCUT2D eigenvalue weighted by molar-refractivity contribution is 6.00. The number of primary amides is 1. The van der Waals surface area contributed by atoms with Crippen LogP contribution >= 0.6 is 0 Å². The Balaban J connectivity index is 1.90. The maximum Gasteiger partial charge on any atom is 0.326 e. The zero-order chi connectivity index (χ0) is 67.4. The molecule has 496 valence electrons. The number of phenols is 1. The third-order valence-electron chi connectivity index (χ3n) is 14.3. The normalized spacial score (nSPS) is 16.1. The van der Waals surface area contributed by atoms with Crippen LogP contribution in [0.25, 0.3) is 0 Å². The van der Waals surface area contributed by atoms with Gasteiger partial charge in [0.2, 0.25) is 59.1 Å². The SMILES string of the molecule is CC(C)[C@H](NC(=O)[C@@H](NC(=O)[C@@H]1CCCN1C(=O)[C@H](CCCN=C(N)N)NC(=O)[C@H](Cc1ccc(O)cc1)NC(=O)[C@@H](N)CCC(=O)O)[C@@H](C)O)C(=O)N[C@@H](Cc1ccccc1)C(=O)N[C@@H](CC(=O)O)C(=O)N[C@@H](CC(N)=O)C(=O)N[C@@H](CCCCN)C(=O)O. The first-order valence-electron chi connectivity index (χ1n) is 29.1. The fraction of sp³-hybridized carbons (Fsp3) is 0.544. The van der Waals surface area contributed by atoms with Gasteiger partial charge in [-0.1, -0.05) is 56.3 Å². The summed E-state index contributed by atoms with van der Waals surface area (Å²) < 4.78 is 0. The second kappa shape index (κ2) is 37.4. The van der Waals surface area contributed by atoms with Crippen LogP contribution < -0.4 is 71.2 Å². The molecular formula is C57H85N15O18. The number of carboxylic acid groups (broad SMARTS) is 3. The molecule has 1 heterocycles. The summed E-state index contributed by atoms with van der Waals surface area (Å²) in [4.78, 5) is 179. The van der Waals surface area contributed by atoms with Gasteiger partial charge in [-0.2, -0.15) is 0 Å². The number of nitrogens with two attached hydrogens (primary N) is 5. The van der Waals surface area contributed by atoms with Crippen LogP contribution in [0.3, 0.4) is 0 Å². The van der Waals surface area contributed by atoms with Crippen molar-refractivity contribution >= 4 is 82.9 Å². The third-order valence-corrected chi connectivity index (χ3v) is 14.3. The van der Waals surface area contributed by atoms with Crippen molar-refractivity contribution in [3.63, 3.8) is 0 Å². The number of nitrogens with zero attached hydrogens (tertiary/aromatic N) is 2. The molecule has 0 aliphatic carbocycles. The van der Waals surface area contributed by atoms with Crippen LogP contribution in [0.5, 0.6) is 5.75 Å². The Labute approximate surface area is 518 Å². The standard InChI is InChI=1S/C57H85N15O18/c1-29(2)45(53(86)69-38(25-31-11-5-4-6-12-31)49(82)68-40(28-44(78)79)51(84)67-39(27-42(60)75)50(83)65-36(56(89)90)13-7-8-22-58)70-54(87)46(30(3)73)71-52(85)41-15-10-24-72(41)55(88)35(14-9-23-63-57(61)62)64-48(81)37(26-32-16-18-33(74)19-17-32)66-47(80)34(59)20-21-43(76)77/h4-6,11-12,16-19,29-30,34-41,45-46,73-74H,7-10,13-15,20-28,58-59H2,1-3H3,(H2,60,75)(H,64,81)(H,65,83)(H,66,80)(H,67,84)(H,68,82)(H,69,86)(H,70,87)(H,71,85)(H,76,77)(H,78,79)(H,89,90)(H4,61,62,63)/t30-,34+,35+,36+,37+,38+,39+,40+,41+,45+,46+/m1/s1. The third kappa shape index (κ3) is 25.7. The molecule has 0 bridgehead atoms. The number of hydrogen-bond donors (Lipinski definition) is 18. The van der Waals surface area contributed by atoms with Crippen molar-refractivity contribution in [1.29, 1.82) is 0 Å². The Morgan fingerprint density at radius 1 is 0.578 bits per heavy atom. The maximum absolute atomic E-state index is 14.6. The summed E-state index contributed by atoms with van der Waals surface area (Å²) in [7, 11) is 0. The van der Waals surface area contributed by atoms with E-state index in [4.69, 9.17) is 33.8 Å². The molecule has 0 spiro atoms. The van der Waals surface area contributed by atoms with Crippen LogP contribution in [0.2, 0.25) is 0 Å². The van der Waals surface area contributed by atoms with E-state index in [1.807, 2.05) is 0 Å². The largest absolute Gasteiger partial charge is 0.508 e. The van der Waals surface area contributed by atoms with Crippen LogP contribution in [0.4, 0.5) is 0 Å². The lowest BCUT2D eigenvalue weighted by molar-refractivity contribution is -0.144. The first-order chi connectivity index (χ1) is 42.4. The molecule has 1 aliphatic rings. The van der Waals surface area contributed by atoms with Gasteiger partial charge in [0.05, 0.1) is 25.0 Å². The zero-order valence-electron chi connectivity index (χ0n) is 50.3. The summed E-state index contributed by atoms with van der Waals surface area (Å²) in [6.45, 7) is 4.35. The molecule has 11 atom stereocenters. The first kappa shape index (κ1) is 74.8. The van der Waals surface area contributed by atoms with Crippen LogP contribution in [0, 0.1) is 5.92 Å². The first-order valence-corrected chi connectivity index (χ1v) is 29.1. The van der Waals surface area contributed by atoms with Crippen molar-refractivity contribution in [3.05, 3.63) is 65.7 Å². The molecule has 23 N–H and O–H groups in total. The number of carbonyl (C=O) groups excluding carboxylic acids is 10. The van der Waals surface area contributed by atoms with Gasteiger partial charge in [-0.15, -0.1) is 0 Å². The topological polar surface area (TPSA) is 565 Å². The van der Waals surface area contributed by atoms with Crippen LogP contribution in [-0.2, 0) is 75.2 Å². The molecule has 1 fully saturated rings. The van der Waals surface area contributed by atoms with E-state index in [-0.39, 0.29) is 89.1 Å². The average molecular weight is 1270 g/mol. The highest BCUT2D eigenvalue weighted by atomic mass is 16.4. The fourth-order valence-corrected chi connectivity index (χ4v) is 9.42. The Morgan fingerprint density at radius 2 is 1.09 bits per heavy atom. The van der Waals surface area contributed by atoms with Crippen molar-refractivity contribution in [3.8, 4) is 5.75 Å². The van der Waals surface area contributed by atoms with Gasteiger partial charge in [0.25, 0.3) is 0 Å². The van der Waals surface area contributed by atoms with Crippen molar-refractivity contribution in [2.45, 2.75) is 171 Å². The number of nitrogens with one attached hydrogen (secondary N) is 8. The Hall–Kier alpha value is -9.50. The number of aliphatic imine (C=N–C) groups is 1. The molecule has 2 aromatic carbocycles. The molecule has 33 heteroatoms. The quantitative estimate of drug-likeness (QED) is 0.0169. The van der Waals surface area contributed by atoms with Gasteiger partial charge in [-0.05, 0) is 94.0 Å². The number of rotatable bonds is 39. The minimum Gasteiger partial charge on any atom is -0.508 e. The minimum atomic E-state index is -2.01. The summed E-state index contributed by atoms with van der Waals surface area (Å²) in [6, 6.07) is -2.21. The second-order valence-electron chi connectivity index (χ2n) is 22.0. The van der Waals surface area contributed by atoms with E-state index >= 15 is 0 Å². The number of phenolic OH excluding ortho intramolecular Hbond substituents is 1. The molecule has 1 saturated heterocycles. The Kier molecular flexibility index (Phi) is 31.0. The lowest BCUT2D eigenvalue weighted by Gasteiger charge is -2.32. The van der Waals surface area contributed by atoms with E-state index in [0.29, 0.717) is 17.5 Å². The molecular weight excluding hydrogens is 1180 g/mol. The number of unbranched alkanes of at least 4 members (excludes halogenated alkanes) is 1. The monoisotopic (exact) mass is 1270 g/mol. The summed E-state index contributed by atoms with van der Waals surface area (Å²) in [5.41, 5.74) is 28.7. The van der Waals surface area contributed by atoms with E-state index in [1.54, 1.807) is 30.3 Å². The number of aliphatic hydroxyl groups is 1. The van der Waals surface area contributed by atoms with Gasteiger partial charge in [-0.3, -0.25) is 62.5 Å². The van der Waals surface area contributed by atoms with Gasteiger partial charge in [0, 0.05) is 32.4 Å². The van der Waals surface area contributed by atoms with Crippen LogP contribution in [0.15, 0.2) is 59.6 Å². The summed E-state index contributed by atoms with van der Waals surface area (Å²) >= 11 is 0. The highest BCUT2D eigenvalue weighted by Gasteiger charge is 2.42. The lowest BCUT2D eigenvalue weighted by atomic mass is 9.99. The fourth-order valence-electron chi connectivity index (χ4n) is 9.42. The van der Waals surface area contributed by atoms with Crippen LogP contribution in [0.1, 0.15) is 103 Å². The predicted molar refractivity (Wildman–Crippen MR) is 320 cm³/mol. The number of guanidine groups is 1. The zero-order valence-corrected chi connectivity index (χ0v) is 50.3. The van der Waals surface area contributed by atoms with Crippen molar-refractivity contribution in [1.82, 2.24) is 47.4 Å². The molecule has 33 nitrogen and oxygen atoms in total. The summed E-state index contributed by atoms with van der Waals surface area (Å²) in [5, 5.41) is 68.8. The van der Waals surface area contributed by atoms with Crippen LogP contribution in [-0.4, -0.2) is 200 Å². The number of amides is 10. The van der Waals surface area contributed by atoms with Gasteiger partial charge in [0.1, 0.15) is 60.1 Å². The van der Waals surface area contributed by atoms with E-state index in [2.05, 4.69) is 47.5 Å². The number of aliphatic hydroxyl groups excluding tert-OH is 1. The number of benzene rings is 2. The van der Waals surface area contributed by atoms with E-state index < -0.39 is 169 Å². The number of hydrogen-bond acceptors (Lipinski definition) is 18. The van der Waals surface area contributed by atoms with E-state index in [1.165, 1.54) is 38.1 Å². The minimum absolute atomic E-state index is 0.00765. The number of carboxylic acids is 3. The Bertz CT molecular complexity index is 2860. The average Bonchev–Trinajstić information content (AvgIpc) is 1.95. The lowest BCUT2D eigenvalue weighted by Crippen LogP contribution is -2.62. The molecule has 2 aromatic rings. The molecule has 0 aromatic heterocycles.